The maximum Gasteiger partial charge on any atom is 0.130 e. The predicted octanol–water partition coefficient (Wildman–Crippen LogP) is 2.50. The van der Waals surface area contributed by atoms with Gasteiger partial charge in [0, 0.05) is 12.1 Å². The average molecular weight is 223 g/mol. The molecule has 0 aliphatic heterocycles. The first-order valence-electron chi connectivity index (χ1n) is 5.78. The van der Waals surface area contributed by atoms with Gasteiger partial charge in [-0.3, -0.25) is 0 Å². The third kappa shape index (κ3) is 2.35. The van der Waals surface area contributed by atoms with Crippen molar-refractivity contribution >= 4 is 0 Å². The Labute approximate surface area is 95.6 Å². The van der Waals surface area contributed by atoms with Crippen LogP contribution in [0.2, 0.25) is 0 Å². The maximum atomic E-state index is 13.7. The van der Waals surface area contributed by atoms with Gasteiger partial charge in [0.2, 0.25) is 0 Å². The number of methoxy groups -OCH3 is 1. The molecule has 1 saturated carbocycles. The number of hydrogen-bond acceptors (Lipinski definition) is 2. The molecule has 16 heavy (non-hydrogen) atoms. The topological polar surface area (TPSA) is 35.2 Å². The first kappa shape index (κ1) is 11.4. The molecule has 0 amide bonds. The fourth-order valence-electron chi connectivity index (χ4n) is 2.42. The van der Waals surface area contributed by atoms with Crippen LogP contribution in [0.25, 0.3) is 0 Å². The van der Waals surface area contributed by atoms with Crippen molar-refractivity contribution < 1.29 is 9.13 Å². The van der Waals surface area contributed by atoms with Gasteiger partial charge in [-0.25, -0.2) is 4.39 Å². The second-order valence-corrected chi connectivity index (χ2v) is 4.52. The van der Waals surface area contributed by atoms with Gasteiger partial charge in [0.1, 0.15) is 11.6 Å². The van der Waals surface area contributed by atoms with E-state index in [2.05, 4.69) is 0 Å². The Balaban J connectivity index is 2.09. The highest BCUT2D eigenvalue weighted by atomic mass is 19.1. The normalized spacial score (nSPS) is 24.7. The number of hydrogen-bond donors (Lipinski definition) is 1. The average Bonchev–Trinajstić information content (AvgIpc) is 2.67. The van der Waals surface area contributed by atoms with E-state index in [4.69, 9.17) is 10.5 Å². The zero-order chi connectivity index (χ0) is 11.5. The van der Waals surface area contributed by atoms with Gasteiger partial charge in [0.15, 0.2) is 0 Å². The van der Waals surface area contributed by atoms with Crippen molar-refractivity contribution in [2.45, 2.75) is 31.7 Å². The Morgan fingerprint density at radius 3 is 2.81 bits per heavy atom. The van der Waals surface area contributed by atoms with Crippen LogP contribution in [0, 0.1) is 11.7 Å². The van der Waals surface area contributed by atoms with Crippen LogP contribution in [0.1, 0.15) is 24.8 Å². The monoisotopic (exact) mass is 223 g/mol. The van der Waals surface area contributed by atoms with Gasteiger partial charge in [0.05, 0.1) is 7.11 Å². The molecule has 1 aliphatic carbocycles. The van der Waals surface area contributed by atoms with Gasteiger partial charge in [0.25, 0.3) is 0 Å². The van der Waals surface area contributed by atoms with E-state index < -0.39 is 0 Å². The molecule has 2 rings (SSSR count). The Kier molecular flexibility index (Phi) is 3.44. The second-order valence-electron chi connectivity index (χ2n) is 4.52. The van der Waals surface area contributed by atoms with Gasteiger partial charge in [-0.2, -0.15) is 0 Å². The zero-order valence-electron chi connectivity index (χ0n) is 9.58. The Bertz CT molecular complexity index is 367. The summed E-state index contributed by atoms with van der Waals surface area (Å²) in [7, 11) is 1.54. The van der Waals surface area contributed by atoms with Crippen LogP contribution in [-0.2, 0) is 6.42 Å². The third-order valence-corrected chi connectivity index (χ3v) is 3.46. The Morgan fingerprint density at radius 1 is 1.44 bits per heavy atom. The number of ether oxygens (including phenoxy) is 1. The summed E-state index contributed by atoms with van der Waals surface area (Å²) in [5, 5.41) is 0. The predicted molar refractivity (Wildman–Crippen MR) is 62.0 cm³/mol. The second kappa shape index (κ2) is 4.83. The van der Waals surface area contributed by atoms with Crippen LogP contribution in [0.5, 0.6) is 5.75 Å². The van der Waals surface area contributed by atoms with Crippen molar-refractivity contribution in [1.82, 2.24) is 0 Å². The van der Waals surface area contributed by atoms with Crippen LogP contribution in [0.3, 0.4) is 0 Å². The maximum absolute atomic E-state index is 13.7. The van der Waals surface area contributed by atoms with E-state index in [0.29, 0.717) is 11.7 Å². The lowest BCUT2D eigenvalue weighted by Crippen LogP contribution is -2.26. The molecule has 2 N–H and O–H groups in total. The quantitative estimate of drug-likeness (QED) is 0.854. The minimum atomic E-state index is -0.182. The smallest absolute Gasteiger partial charge is 0.130 e. The molecule has 2 atom stereocenters. The first-order chi connectivity index (χ1) is 7.70. The fourth-order valence-corrected chi connectivity index (χ4v) is 2.42. The minimum absolute atomic E-state index is 0.182. The Hall–Kier alpha value is -1.09. The highest BCUT2D eigenvalue weighted by Gasteiger charge is 2.24. The van der Waals surface area contributed by atoms with Gasteiger partial charge in [-0.1, -0.05) is 12.5 Å². The van der Waals surface area contributed by atoms with E-state index in [0.717, 1.165) is 24.8 Å². The zero-order valence-corrected chi connectivity index (χ0v) is 9.58. The summed E-state index contributed by atoms with van der Waals surface area (Å²) in [6.45, 7) is 0. The lowest BCUT2D eigenvalue weighted by Gasteiger charge is -2.15. The van der Waals surface area contributed by atoms with Crippen molar-refractivity contribution in [3.63, 3.8) is 0 Å². The summed E-state index contributed by atoms with van der Waals surface area (Å²) in [6.07, 6.45) is 4.11. The van der Waals surface area contributed by atoms with Crippen molar-refractivity contribution in [3.8, 4) is 5.75 Å². The molecular formula is C13H18FNO. The molecule has 2 nitrogen and oxygen atoms in total. The van der Waals surface area contributed by atoms with Crippen LogP contribution in [0.4, 0.5) is 4.39 Å². The van der Waals surface area contributed by atoms with Crippen molar-refractivity contribution in [1.29, 1.82) is 0 Å². The van der Waals surface area contributed by atoms with Crippen molar-refractivity contribution in [2.24, 2.45) is 11.7 Å². The van der Waals surface area contributed by atoms with Crippen molar-refractivity contribution in [3.05, 3.63) is 29.6 Å². The third-order valence-electron chi connectivity index (χ3n) is 3.46. The molecule has 2 unspecified atom stereocenters. The number of nitrogens with two attached hydrogens (primary N) is 1. The molecule has 0 heterocycles. The molecule has 0 spiro atoms. The van der Waals surface area contributed by atoms with E-state index in [-0.39, 0.29) is 11.9 Å². The number of rotatable bonds is 3. The molecule has 88 valence electrons. The molecule has 0 saturated heterocycles. The van der Waals surface area contributed by atoms with Gasteiger partial charge >= 0.3 is 0 Å². The van der Waals surface area contributed by atoms with Crippen molar-refractivity contribution in [2.75, 3.05) is 7.11 Å². The first-order valence-corrected chi connectivity index (χ1v) is 5.78. The molecule has 1 fully saturated rings. The molecule has 0 bridgehead atoms. The van der Waals surface area contributed by atoms with E-state index in [1.165, 1.54) is 12.5 Å². The molecule has 0 radical (unpaired) electrons. The molecule has 1 aliphatic rings. The summed E-state index contributed by atoms with van der Waals surface area (Å²) in [6, 6.07) is 5.29. The minimum Gasteiger partial charge on any atom is -0.497 e. The molecule has 0 aromatic heterocycles. The molecule has 1 aromatic rings. The van der Waals surface area contributed by atoms with E-state index in [1.54, 1.807) is 19.2 Å². The molecular weight excluding hydrogens is 205 g/mol. The van der Waals surface area contributed by atoms with Crippen LogP contribution >= 0.6 is 0 Å². The highest BCUT2D eigenvalue weighted by Crippen LogP contribution is 2.29. The molecule has 1 aromatic carbocycles. The SMILES string of the molecule is COc1ccc(CC2CCCC2N)c(F)c1. The van der Waals surface area contributed by atoms with Crippen LogP contribution in [0.15, 0.2) is 18.2 Å². The summed E-state index contributed by atoms with van der Waals surface area (Å²) >= 11 is 0. The number of benzene rings is 1. The summed E-state index contributed by atoms with van der Waals surface area (Å²) < 4.78 is 18.7. The Morgan fingerprint density at radius 2 is 2.25 bits per heavy atom. The fraction of sp³-hybridized carbons (Fsp3) is 0.538. The standard InChI is InChI=1S/C13H18FNO/c1-16-11-6-5-9(12(14)8-11)7-10-3-2-4-13(10)15/h5-6,8,10,13H,2-4,7,15H2,1H3. The summed E-state index contributed by atoms with van der Waals surface area (Å²) in [5.41, 5.74) is 6.74. The van der Waals surface area contributed by atoms with E-state index >= 15 is 0 Å². The lowest BCUT2D eigenvalue weighted by atomic mass is 9.95. The molecule has 3 heteroatoms. The van der Waals surface area contributed by atoms with Gasteiger partial charge in [-0.15, -0.1) is 0 Å². The van der Waals surface area contributed by atoms with E-state index in [1.807, 2.05) is 0 Å². The van der Waals surface area contributed by atoms with Crippen LogP contribution in [-0.4, -0.2) is 13.2 Å². The largest absolute Gasteiger partial charge is 0.497 e. The van der Waals surface area contributed by atoms with E-state index in [9.17, 15) is 4.39 Å². The van der Waals surface area contributed by atoms with Gasteiger partial charge in [-0.05, 0) is 36.8 Å². The highest BCUT2D eigenvalue weighted by molar-refractivity contribution is 5.29. The van der Waals surface area contributed by atoms with Gasteiger partial charge < -0.3 is 10.5 Å². The summed E-state index contributed by atoms with van der Waals surface area (Å²) in [5.74, 6) is 0.818. The summed E-state index contributed by atoms with van der Waals surface area (Å²) in [4.78, 5) is 0. The van der Waals surface area contributed by atoms with Crippen LogP contribution < -0.4 is 10.5 Å². The number of halogens is 1. The lowest BCUT2D eigenvalue weighted by molar-refractivity contribution is 0.409.